The van der Waals surface area contributed by atoms with Crippen molar-refractivity contribution in [1.29, 1.82) is 0 Å². The number of nitro groups is 1. The fourth-order valence-electron chi connectivity index (χ4n) is 2.63. The summed E-state index contributed by atoms with van der Waals surface area (Å²) >= 11 is 6.13. The number of rotatable bonds is 8. The first-order chi connectivity index (χ1) is 14.3. The standard InChI is InChI=1S/C19H20ClN3O7/c1-5-15(24)21-10-6-7-12(20)13(8-10)22-19(25)11-9-14(28-2)17(29-3)18(30-4)16(11)23(26)27/h6-9H,5H2,1-4H3,(H,21,24)(H,22,25). The highest BCUT2D eigenvalue weighted by Gasteiger charge is 2.32. The quantitative estimate of drug-likeness (QED) is 0.473. The lowest BCUT2D eigenvalue weighted by Gasteiger charge is -2.15. The molecule has 0 fully saturated rings. The molecule has 30 heavy (non-hydrogen) atoms. The topological polar surface area (TPSA) is 129 Å². The number of nitro benzene ring substituents is 1. The van der Waals surface area contributed by atoms with E-state index in [4.69, 9.17) is 25.8 Å². The highest BCUT2D eigenvalue weighted by atomic mass is 35.5. The molecule has 2 N–H and O–H groups in total. The molecule has 0 aliphatic heterocycles. The normalized spacial score (nSPS) is 10.2. The van der Waals surface area contributed by atoms with E-state index in [2.05, 4.69) is 10.6 Å². The second-order valence-electron chi connectivity index (χ2n) is 5.85. The van der Waals surface area contributed by atoms with Crippen LogP contribution >= 0.6 is 11.6 Å². The van der Waals surface area contributed by atoms with Crippen molar-refractivity contribution in [2.45, 2.75) is 13.3 Å². The molecule has 2 amide bonds. The van der Waals surface area contributed by atoms with Gasteiger partial charge in [-0.05, 0) is 18.2 Å². The first-order valence-electron chi connectivity index (χ1n) is 8.65. The van der Waals surface area contributed by atoms with E-state index in [1.807, 2.05) is 0 Å². The van der Waals surface area contributed by atoms with Gasteiger partial charge in [0.05, 0.1) is 37.0 Å². The van der Waals surface area contributed by atoms with Crippen molar-refractivity contribution < 1.29 is 28.7 Å². The molecule has 0 heterocycles. The second kappa shape index (κ2) is 9.79. The van der Waals surface area contributed by atoms with Gasteiger partial charge in [-0.15, -0.1) is 0 Å². The van der Waals surface area contributed by atoms with Crippen LogP contribution < -0.4 is 24.8 Å². The third kappa shape index (κ3) is 4.71. The van der Waals surface area contributed by atoms with E-state index in [-0.39, 0.29) is 45.9 Å². The number of amides is 2. The lowest BCUT2D eigenvalue weighted by molar-refractivity contribution is -0.386. The van der Waals surface area contributed by atoms with Crippen LogP contribution in [-0.4, -0.2) is 38.1 Å². The molecule has 0 aliphatic carbocycles. The van der Waals surface area contributed by atoms with Gasteiger partial charge in [0, 0.05) is 18.2 Å². The number of halogens is 1. The number of methoxy groups -OCH3 is 3. The minimum Gasteiger partial charge on any atom is -0.493 e. The smallest absolute Gasteiger partial charge is 0.327 e. The average Bonchev–Trinajstić information content (AvgIpc) is 2.73. The van der Waals surface area contributed by atoms with Gasteiger partial charge in [-0.3, -0.25) is 19.7 Å². The third-order valence-corrected chi connectivity index (χ3v) is 4.38. The van der Waals surface area contributed by atoms with E-state index in [0.717, 1.165) is 0 Å². The van der Waals surface area contributed by atoms with E-state index in [1.165, 1.54) is 39.5 Å². The van der Waals surface area contributed by atoms with Crippen LogP contribution in [0.15, 0.2) is 24.3 Å². The van der Waals surface area contributed by atoms with Crippen molar-refractivity contribution in [2.75, 3.05) is 32.0 Å². The number of benzene rings is 2. The largest absolute Gasteiger partial charge is 0.493 e. The number of ether oxygens (including phenoxy) is 3. The molecule has 2 aromatic rings. The van der Waals surface area contributed by atoms with Gasteiger partial charge in [-0.25, -0.2) is 0 Å². The van der Waals surface area contributed by atoms with E-state index in [0.29, 0.717) is 5.69 Å². The van der Waals surface area contributed by atoms with E-state index in [9.17, 15) is 19.7 Å². The van der Waals surface area contributed by atoms with Gasteiger partial charge in [0.15, 0.2) is 5.75 Å². The zero-order valence-corrected chi connectivity index (χ0v) is 17.5. The van der Waals surface area contributed by atoms with Crippen LogP contribution in [0.5, 0.6) is 17.2 Å². The monoisotopic (exact) mass is 437 g/mol. The Balaban J connectivity index is 2.52. The van der Waals surface area contributed by atoms with Crippen molar-refractivity contribution >= 4 is 40.5 Å². The van der Waals surface area contributed by atoms with Gasteiger partial charge in [-0.1, -0.05) is 18.5 Å². The van der Waals surface area contributed by atoms with Gasteiger partial charge in [0.25, 0.3) is 5.91 Å². The minimum atomic E-state index is -0.832. The van der Waals surface area contributed by atoms with Crippen LogP contribution in [0, 0.1) is 10.1 Å². The Morgan fingerprint density at radius 1 is 1.07 bits per heavy atom. The summed E-state index contributed by atoms with van der Waals surface area (Å²) in [6.07, 6.45) is 0.266. The number of hydrogen-bond donors (Lipinski definition) is 2. The number of nitrogens with one attached hydrogen (secondary N) is 2. The maximum atomic E-state index is 12.9. The maximum absolute atomic E-state index is 12.9. The van der Waals surface area contributed by atoms with Crippen molar-refractivity contribution in [1.82, 2.24) is 0 Å². The molecule has 0 unspecified atom stereocenters. The zero-order chi connectivity index (χ0) is 22.4. The van der Waals surface area contributed by atoms with Gasteiger partial charge in [-0.2, -0.15) is 0 Å². The summed E-state index contributed by atoms with van der Waals surface area (Å²) < 4.78 is 15.4. The molecule has 0 saturated carbocycles. The highest BCUT2D eigenvalue weighted by Crippen LogP contribution is 2.46. The minimum absolute atomic E-state index is 0.0226. The van der Waals surface area contributed by atoms with Gasteiger partial charge in [0.2, 0.25) is 17.4 Å². The van der Waals surface area contributed by atoms with Crippen LogP contribution in [0.2, 0.25) is 5.02 Å². The Morgan fingerprint density at radius 3 is 2.27 bits per heavy atom. The molecule has 0 radical (unpaired) electrons. The average molecular weight is 438 g/mol. The number of carbonyl (C=O) groups is 2. The fourth-order valence-corrected chi connectivity index (χ4v) is 2.80. The lowest BCUT2D eigenvalue weighted by atomic mass is 10.1. The molecule has 0 spiro atoms. The summed E-state index contributed by atoms with van der Waals surface area (Å²) in [6.45, 7) is 1.69. The predicted molar refractivity (Wildman–Crippen MR) is 111 cm³/mol. The molecule has 0 aromatic heterocycles. The van der Waals surface area contributed by atoms with Gasteiger partial charge in [0.1, 0.15) is 5.56 Å². The molecule has 0 saturated heterocycles. The maximum Gasteiger partial charge on any atom is 0.327 e. The number of anilines is 2. The second-order valence-corrected chi connectivity index (χ2v) is 6.26. The Bertz CT molecular complexity index is 995. The van der Waals surface area contributed by atoms with Crippen molar-refractivity contribution in [3.05, 3.63) is 45.0 Å². The summed E-state index contributed by atoms with van der Waals surface area (Å²) in [7, 11) is 3.82. The van der Waals surface area contributed by atoms with Crippen molar-refractivity contribution in [3.63, 3.8) is 0 Å². The molecule has 0 atom stereocenters. The Labute approximate surface area is 177 Å². The first kappa shape index (κ1) is 22.8. The molecule has 160 valence electrons. The Kier molecular flexibility index (Phi) is 7.43. The fraction of sp³-hybridized carbons (Fsp3) is 0.263. The molecule has 2 rings (SSSR count). The summed E-state index contributed by atoms with van der Waals surface area (Å²) in [5, 5.41) is 17.0. The molecular weight excluding hydrogens is 418 g/mol. The number of nitrogens with zero attached hydrogens (tertiary/aromatic N) is 1. The molecular formula is C19H20ClN3O7. The Hall–Kier alpha value is -3.53. The molecule has 0 bridgehead atoms. The number of carbonyl (C=O) groups excluding carboxylic acids is 2. The first-order valence-corrected chi connectivity index (χ1v) is 9.03. The van der Waals surface area contributed by atoms with Crippen LogP contribution in [0.3, 0.4) is 0 Å². The van der Waals surface area contributed by atoms with Crippen molar-refractivity contribution in [2.24, 2.45) is 0 Å². The summed E-state index contributed by atoms with van der Waals surface area (Å²) in [4.78, 5) is 35.4. The van der Waals surface area contributed by atoms with E-state index >= 15 is 0 Å². The molecule has 0 aliphatic rings. The van der Waals surface area contributed by atoms with E-state index < -0.39 is 16.5 Å². The molecule has 2 aromatic carbocycles. The predicted octanol–water partition coefficient (Wildman–Crippen LogP) is 3.87. The highest BCUT2D eigenvalue weighted by molar-refractivity contribution is 6.34. The van der Waals surface area contributed by atoms with E-state index in [1.54, 1.807) is 13.0 Å². The van der Waals surface area contributed by atoms with Crippen LogP contribution in [0.25, 0.3) is 0 Å². The summed E-state index contributed by atoms with van der Waals surface area (Å²) in [6, 6.07) is 5.66. The molecule has 11 heteroatoms. The van der Waals surface area contributed by atoms with Gasteiger partial charge >= 0.3 is 5.69 Å². The summed E-state index contributed by atoms with van der Waals surface area (Å²) in [5.74, 6) is -1.27. The zero-order valence-electron chi connectivity index (χ0n) is 16.7. The Morgan fingerprint density at radius 2 is 1.73 bits per heavy atom. The summed E-state index contributed by atoms with van der Waals surface area (Å²) in [5.41, 5.74) is -0.368. The molecule has 10 nitrogen and oxygen atoms in total. The lowest BCUT2D eigenvalue weighted by Crippen LogP contribution is -2.16. The van der Waals surface area contributed by atoms with Crippen molar-refractivity contribution in [3.8, 4) is 17.2 Å². The SMILES string of the molecule is CCC(=O)Nc1ccc(Cl)c(NC(=O)c2cc(OC)c(OC)c(OC)c2[N+](=O)[O-])c1. The van der Waals surface area contributed by atoms with Gasteiger partial charge < -0.3 is 24.8 Å². The number of hydrogen-bond acceptors (Lipinski definition) is 7. The van der Waals surface area contributed by atoms with Crippen LogP contribution in [0.4, 0.5) is 17.1 Å². The van der Waals surface area contributed by atoms with Crippen LogP contribution in [-0.2, 0) is 4.79 Å². The van der Waals surface area contributed by atoms with Crippen LogP contribution in [0.1, 0.15) is 23.7 Å². The third-order valence-electron chi connectivity index (χ3n) is 4.05.